The summed E-state index contributed by atoms with van der Waals surface area (Å²) in [4.78, 5) is 13.6. The molecule has 2 N–H and O–H groups in total. The molecule has 0 fully saturated rings. The quantitative estimate of drug-likeness (QED) is 0.749. The van der Waals surface area contributed by atoms with Crippen molar-refractivity contribution >= 4 is 11.5 Å². The lowest BCUT2D eigenvalue weighted by Crippen LogP contribution is -2.06. The van der Waals surface area contributed by atoms with E-state index in [1.54, 1.807) is 6.20 Å². The van der Waals surface area contributed by atoms with Crippen LogP contribution >= 0.6 is 0 Å². The topological polar surface area (TPSA) is 53.1 Å². The van der Waals surface area contributed by atoms with Gasteiger partial charge in [-0.05, 0) is 29.0 Å². The maximum absolute atomic E-state index is 10.7. The highest BCUT2D eigenvalue weighted by Gasteiger charge is 2.15. The van der Waals surface area contributed by atoms with Gasteiger partial charge in [-0.3, -0.25) is 0 Å². The molecule has 0 spiro atoms. The summed E-state index contributed by atoms with van der Waals surface area (Å²) in [6, 6.07) is 1.89. The number of aliphatic carboxylic acids is 1. The van der Waals surface area contributed by atoms with E-state index in [0.29, 0.717) is 0 Å². The van der Waals surface area contributed by atoms with Crippen LogP contribution in [-0.4, -0.2) is 16.1 Å². The summed E-state index contributed by atoms with van der Waals surface area (Å²) < 4.78 is 0. The van der Waals surface area contributed by atoms with Gasteiger partial charge in [0.1, 0.15) is 0 Å². The predicted octanol–water partition coefficient (Wildman–Crippen LogP) is 2.92. The van der Waals surface area contributed by atoms with E-state index in [1.807, 2.05) is 12.3 Å². The second kappa shape index (κ2) is 4.34. The molecule has 0 saturated carbocycles. The molecule has 82 valence electrons. The van der Waals surface area contributed by atoms with E-state index in [-0.39, 0.29) is 5.41 Å². The summed E-state index contributed by atoms with van der Waals surface area (Å²) >= 11 is 0. The number of carboxylic acids is 1. The highest BCUT2D eigenvalue weighted by molar-refractivity contribution is 5.90. The van der Waals surface area contributed by atoms with Crippen LogP contribution in [0.1, 0.15) is 32.8 Å². The SMILES string of the molecule is CC(C)(C)C/C(=C/C(=O)O)c1cc[nH]c1. The number of carbonyl (C=O) groups is 1. The highest BCUT2D eigenvalue weighted by atomic mass is 16.4. The van der Waals surface area contributed by atoms with Crippen LogP contribution in [0.4, 0.5) is 0 Å². The van der Waals surface area contributed by atoms with Gasteiger partial charge in [0.15, 0.2) is 0 Å². The van der Waals surface area contributed by atoms with E-state index in [2.05, 4.69) is 25.8 Å². The van der Waals surface area contributed by atoms with E-state index in [1.165, 1.54) is 6.08 Å². The van der Waals surface area contributed by atoms with Gasteiger partial charge in [0.05, 0.1) is 0 Å². The Hall–Kier alpha value is -1.51. The van der Waals surface area contributed by atoms with Crippen LogP contribution in [0.3, 0.4) is 0 Å². The Morgan fingerprint density at radius 1 is 1.53 bits per heavy atom. The van der Waals surface area contributed by atoms with Crippen molar-refractivity contribution in [1.82, 2.24) is 4.98 Å². The zero-order chi connectivity index (χ0) is 11.5. The minimum Gasteiger partial charge on any atom is -0.478 e. The third-order valence-electron chi connectivity index (χ3n) is 1.99. The molecule has 3 heteroatoms. The molecule has 0 atom stereocenters. The lowest BCUT2D eigenvalue weighted by atomic mass is 9.86. The Kier molecular flexibility index (Phi) is 3.35. The molecule has 15 heavy (non-hydrogen) atoms. The van der Waals surface area contributed by atoms with Crippen molar-refractivity contribution in [2.24, 2.45) is 5.41 Å². The zero-order valence-corrected chi connectivity index (χ0v) is 9.37. The molecule has 0 saturated heterocycles. The van der Waals surface area contributed by atoms with E-state index in [0.717, 1.165) is 17.6 Å². The zero-order valence-electron chi connectivity index (χ0n) is 9.37. The fourth-order valence-electron chi connectivity index (χ4n) is 1.48. The summed E-state index contributed by atoms with van der Waals surface area (Å²) in [5.74, 6) is -0.893. The second-order valence-corrected chi connectivity index (χ2v) is 4.84. The Morgan fingerprint density at radius 2 is 2.20 bits per heavy atom. The first-order chi connectivity index (χ1) is 6.88. The first-order valence-corrected chi connectivity index (χ1v) is 4.95. The fraction of sp³-hybridized carbons (Fsp3) is 0.417. The maximum Gasteiger partial charge on any atom is 0.328 e. The van der Waals surface area contributed by atoms with Gasteiger partial charge in [-0.25, -0.2) is 4.79 Å². The van der Waals surface area contributed by atoms with Crippen molar-refractivity contribution in [3.05, 3.63) is 30.1 Å². The lowest BCUT2D eigenvalue weighted by molar-refractivity contribution is -0.131. The molecule has 0 radical (unpaired) electrons. The molecule has 0 amide bonds. The van der Waals surface area contributed by atoms with Gasteiger partial charge in [0.25, 0.3) is 0 Å². The number of aromatic amines is 1. The van der Waals surface area contributed by atoms with Crippen LogP contribution < -0.4 is 0 Å². The van der Waals surface area contributed by atoms with Gasteiger partial charge in [0, 0.05) is 18.5 Å². The third-order valence-corrected chi connectivity index (χ3v) is 1.99. The molecular formula is C12H17NO2. The number of nitrogens with one attached hydrogen (secondary N) is 1. The van der Waals surface area contributed by atoms with Crippen LogP contribution in [0.15, 0.2) is 24.5 Å². The van der Waals surface area contributed by atoms with Crippen LogP contribution in [-0.2, 0) is 4.79 Å². The minimum absolute atomic E-state index is 0.0819. The average Bonchev–Trinajstić information content (AvgIpc) is 2.50. The lowest BCUT2D eigenvalue weighted by Gasteiger charge is -2.19. The van der Waals surface area contributed by atoms with Crippen LogP contribution in [0.2, 0.25) is 0 Å². The van der Waals surface area contributed by atoms with Crippen LogP contribution in [0, 0.1) is 5.41 Å². The number of hydrogen-bond donors (Lipinski definition) is 2. The van der Waals surface area contributed by atoms with E-state index in [4.69, 9.17) is 5.11 Å². The summed E-state index contributed by atoms with van der Waals surface area (Å²) in [5.41, 5.74) is 1.89. The summed E-state index contributed by atoms with van der Waals surface area (Å²) in [7, 11) is 0. The highest BCUT2D eigenvalue weighted by Crippen LogP contribution is 2.29. The molecule has 0 aliphatic carbocycles. The Labute approximate surface area is 89.8 Å². The molecule has 3 nitrogen and oxygen atoms in total. The molecule has 0 aliphatic rings. The molecule has 1 aromatic heterocycles. The van der Waals surface area contributed by atoms with Gasteiger partial charge in [-0.15, -0.1) is 0 Å². The number of rotatable bonds is 3. The number of H-pyrrole nitrogens is 1. The predicted molar refractivity (Wildman–Crippen MR) is 60.5 cm³/mol. The van der Waals surface area contributed by atoms with Crippen molar-refractivity contribution < 1.29 is 9.90 Å². The molecular weight excluding hydrogens is 190 g/mol. The van der Waals surface area contributed by atoms with Gasteiger partial charge >= 0.3 is 5.97 Å². The van der Waals surface area contributed by atoms with Gasteiger partial charge < -0.3 is 10.1 Å². The first-order valence-electron chi connectivity index (χ1n) is 4.95. The first kappa shape index (κ1) is 11.6. The van der Waals surface area contributed by atoms with E-state index >= 15 is 0 Å². The number of aromatic nitrogens is 1. The van der Waals surface area contributed by atoms with Crippen molar-refractivity contribution in [3.8, 4) is 0 Å². The fourth-order valence-corrected chi connectivity index (χ4v) is 1.48. The molecule has 0 unspecified atom stereocenters. The molecule has 0 aromatic carbocycles. The number of carboxylic acid groups (broad SMARTS) is 1. The normalized spacial score (nSPS) is 12.9. The standard InChI is InChI=1S/C12H17NO2/c1-12(2,3)7-10(6-11(14)15)9-4-5-13-8-9/h4-6,8,13H,7H2,1-3H3,(H,14,15)/b10-6-. The van der Waals surface area contributed by atoms with Gasteiger partial charge in [0.2, 0.25) is 0 Å². The summed E-state index contributed by atoms with van der Waals surface area (Å²) in [6.45, 7) is 6.28. The molecule has 1 heterocycles. The molecule has 1 rings (SSSR count). The molecule has 0 aliphatic heterocycles. The van der Waals surface area contributed by atoms with Gasteiger partial charge in [-0.2, -0.15) is 0 Å². The van der Waals surface area contributed by atoms with Gasteiger partial charge in [-0.1, -0.05) is 20.8 Å². The smallest absolute Gasteiger partial charge is 0.328 e. The summed E-state index contributed by atoms with van der Waals surface area (Å²) in [5, 5.41) is 8.79. The third kappa shape index (κ3) is 4.02. The summed E-state index contributed by atoms with van der Waals surface area (Å²) in [6.07, 6.45) is 5.65. The maximum atomic E-state index is 10.7. The Morgan fingerprint density at radius 3 is 2.60 bits per heavy atom. The van der Waals surface area contributed by atoms with Crippen molar-refractivity contribution in [2.45, 2.75) is 27.2 Å². The van der Waals surface area contributed by atoms with Crippen LogP contribution in [0.5, 0.6) is 0 Å². The van der Waals surface area contributed by atoms with Crippen molar-refractivity contribution in [2.75, 3.05) is 0 Å². The van der Waals surface area contributed by atoms with Crippen molar-refractivity contribution in [1.29, 1.82) is 0 Å². The number of hydrogen-bond acceptors (Lipinski definition) is 1. The molecule has 1 aromatic rings. The second-order valence-electron chi connectivity index (χ2n) is 4.84. The Balaban J connectivity index is 2.95. The number of allylic oxidation sites excluding steroid dienone is 1. The van der Waals surface area contributed by atoms with E-state index < -0.39 is 5.97 Å². The largest absolute Gasteiger partial charge is 0.478 e. The van der Waals surface area contributed by atoms with E-state index in [9.17, 15) is 4.79 Å². The minimum atomic E-state index is -0.893. The van der Waals surface area contributed by atoms with Crippen molar-refractivity contribution in [3.63, 3.8) is 0 Å². The Bertz CT molecular complexity index is 355. The van der Waals surface area contributed by atoms with Crippen LogP contribution in [0.25, 0.3) is 5.57 Å². The molecule has 0 bridgehead atoms. The monoisotopic (exact) mass is 207 g/mol. The average molecular weight is 207 g/mol.